The predicted molar refractivity (Wildman–Crippen MR) is 66.3 cm³/mol. The van der Waals surface area contributed by atoms with Crippen molar-refractivity contribution >= 4 is 22.8 Å². The summed E-state index contributed by atoms with van der Waals surface area (Å²) in [5.41, 5.74) is 0.941. The monoisotopic (exact) mass is 244 g/mol. The summed E-state index contributed by atoms with van der Waals surface area (Å²) in [5.74, 6) is -1.51. The number of hydrogen-bond acceptors (Lipinski definition) is 3. The number of fused-ring (bicyclic) bond motifs is 1. The largest absolute Gasteiger partial charge is 0.480 e. The summed E-state index contributed by atoms with van der Waals surface area (Å²) in [6.07, 6.45) is 1.60. The second-order valence-electron chi connectivity index (χ2n) is 3.91. The number of para-hydroxylation sites is 1. The highest BCUT2D eigenvalue weighted by Crippen LogP contribution is 2.15. The van der Waals surface area contributed by atoms with Gasteiger partial charge in [0.1, 0.15) is 6.04 Å². The highest BCUT2D eigenvalue weighted by molar-refractivity contribution is 6.06. The van der Waals surface area contributed by atoms with E-state index in [1.54, 1.807) is 24.4 Å². The molecule has 0 spiro atoms. The van der Waals surface area contributed by atoms with Crippen molar-refractivity contribution in [2.24, 2.45) is 0 Å². The number of carbonyl (C=O) groups is 2. The van der Waals surface area contributed by atoms with Crippen LogP contribution in [0.3, 0.4) is 0 Å². The number of carboxylic acid groups (broad SMARTS) is 1. The Labute approximate surface area is 103 Å². The van der Waals surface area contributed by atoms with Crippen LogP contribution in [-0.4, -0.2) is 28.0 Å². The van der Waals surface area contributed by atoms with Gasteiger partial charge in [0.05, 0.1) is 11.1 Å². The number of nitrogens with one attached hydrogen (secondary N) is 1. The van der Waals surface area contributed by atoms with Gasteiger partial charge in [0.25, 0.3) is 5.91 Å². The summed E-state index contributed by atoms with van der Waals surface area (Å²) in [7, 11) is 0. The molecule has 0 fully saturated rings. The third kappa shape index (κ3) is 2.29. The van der Waals surface area contributed by atoms with Crippen molar-refractivity contribution in [3.8, 4) is 0 Å². The van der Waals surface area contributed by atoms with E-state index in [0.717, 1.165) is 5.39 Å². The molecule has 0 saturated carbocycles. The summed E-state index contributed by atoms with van der Waals surface area (Å²) in [4.78, 5) is 26.8. The maximum atomic E-state index is 12.0. The first-order valence-electron chi connectivity index (χ1n) is 5.47. The van der Waals surface area contributed by atoms with Gasteiger partial charge in [-0.1, -0.05) is 18.2 Å². The molecular formula is C13H12N2O3. The van der Waals surface area contributed by atoms with Crippen LogP contribution in [0, 0.1) is 0 Å². The van der Waals surface area contributed by atoms with Gasteiger partial charge < -0.3 is 10.4 Å². The molecule has 0 radical (unpaired) electrons. The molecular weight excluding hydrogens is 232 g/mol. The first kappa shape index (κ1) is 12.0. The lowest BCUT2D eigenvalue weighted by Gasteiger charge is -2.10. The van der Waals surface area contributed by atoms with Gasteiger partial charge in [-0.05, 0) is 19.1 Å². The lowest BCUT2D eigenvalue weighted by atomic mass is 10.1. The maximum absolute atomic E-state index is 12.0. The molecule has 0 aliphatic heterocycles. The summed E-state index contributed by atoms with van der Waals surface area (Å²) in [6, 6.07) is 7.91. The van der Waals surface area contributed by atoms with Crippen molar-refractivity contribution in [2.45, 2.75) is 13.0 Å². The van der Waals surface area contributed by atoms with E-state index in [0.29, 0.717) is 11.1 Å². The van der Waals surface area contributed by atoms with Gasteiger partial charge in [-0.2, -0.15) is 0 Å². The Morgan fingerprint density at radius 2 is 2.00 bits per heavy atom. The topological polar surface area (TPSA) is 79.3 Å². The number of rotatable bonds is 3. The molecule has 0 unspecified atom stereocenters. The minimum Gasteiger partial charge on any atom is -0.480 e. The molecule has 1 amide bonds. The van der Waals surface area contributed by atoms with Crippen LogP contribution in [0.4, 0.5) is 0 Å². The fourth-order valence-electron chi connectivity index (χ4n) is 1.62. The Balaban J connectivity index is 2.36. The summed E-state index contributed by atoms with van der Waals surface area (Å²) < 4.78 is 0. The van der Waals surface area contributed by atoms with E-state index in [9.17, 15) is 9.59 Å². The lowest BCUT2D eigenvalue weighted by Crippen LogP contribution is -2.38. The van der Waals surface area contributed by atoms with Crippen LogP contribution < -0.4 is 5.32 Å². The number of aromatic nitrogens is 1. The summed E-state index contributed by atoms with van der Waals surface area (Å²) in [6.45, 7) is 1.42. The number of carbonyl (C=O) groups excluding carboxylic acids is 1. The van der Waals surface area contributed by atoms with Crippen molar-refractivity contribution in [3.05, 3.63) is 42.1 Å². The Morgan fingerprint density at radius 3 is 2.72 bits per heavy atom. The minimum atomic E-state index is -1.07. The molecule has 1 aromatic heterocycles. The zero-order valence-corrected chi connectivity index (χ0v) is 9.75. The number of nitrogens with zero attached hydrogens (tertiary/aromatic N) is 1. The zero-order valence-electron chi connectivity index (χ0n) is 9.75. The highest BCUT2D eigenvalue weighted by atomic mass is 16.4. The molecule has 5 nitrogen and oxygen atoms in total. The van der Waals surface area contributed by atoms with Crippen LogP contribution in [0.5, 0.6) is 0 Å². The third-order valence-electron chi connectivity index (χ3n) is 2.60. The fraction of sp³-hybridized carbons (Fsp3) is 0.154. The second-order valence-corrected chi connectivity index (χ2v) is 3.91. The first-order valence-corrected chi connectivity index (χ1v) is 5.47. The molecule has 92 valence electrons. The number of pyridine rings is 1. The van der Waals surface area contributed by atoms with E-state index in [1.165, 1.54) is 6.92 Å². The van der Waals surface area contributed by atoms with Crippen molar-refractivity contribution in [1.82, 2.24) is 10.3 Å². The summed E-state index contributed by atoms with van der Waals surface area (Å²) in [5, 5.41) is 12.0. The molecule has 1 aromatic carbocycles. The van der Waals surface area contributed by atoms with Gasteiger partial charge in [0.15, 0.2) is 0 Å². The van der Waals surface area contributed by atoms with Gasteiger partial charge in [0.2, 0.25) is 0 Å². The van der Waals surface area contributed by atoms with Crippen molar-refractivity contribution < 1.29 is 14.7 Å². The van der Waals surface area contributed by atoms with Crippen LogP contribution in [0.1, 0.15) is 17.3 Å². The fourth-order valence-corrected chi connectivity index (χ4v) is 1.62. The van der Waals surface area contributed by atoms with Gasteiger partial charge in [-0.15, -0.1) is 0 Å². The Bertz CT molecular complexity index is 605. The maximum Gasteiger partial charge on any atom is 0.325 e. The predicted octanol–water partition coefficient (Wildman–Crippen LogP) is 1.44. The van der Waals surface area contributed by atoms with Crippen molar-refractivity contribution in [3.63, 3.8) is 0 Å². The SMILES string of the molecule is C[C@@H](NC(=O)c1cccc2cccnc12)C(=O)O. The van der Waals surface area contributed by atoms with Crippen LogP contribution in [0.15, 0.2) is 36.5 Å². The van der Waals surface area contributed by atoms with Crippen molar-refractivity contribution in [2.75, 3.05) is 0 Å². The molecule has 0 aliphatic carbocycles. The average molecular weight is 244 g/mol. The molecule has 18 heavy (non-hydrogen) atoms. The normalized spacial score (nSPS) is 12.1. The van der Waals surface area contributed by atoms with Crippen molar-refractivity contribution in [1.29, 1.82) is 0 Å². The summed E-state index contributed by atoms with van der Waals surface area (Å²) >= 11 is 0. The second kappa shape index (κ2) is 4.83. The quantitative estimate of drug-likeness (QED) is 0.856. The van der Waals surface area contributed by atoms with Gasteiger partial charge in [0, 0.05) is 11.6 Å². The number of carboxylic acids is 1. The molecule has 2 aromatic rings. The molecule has 0 bridgehead atoms. The van der Waals surface area contributed by atoms with Gasteiger partial charge >= 0.3 is 5.97 Å². The van der Waals surface area contributed by atoms with E-state index in [1.807, 2.05) is 12.1 Å². The highest BCUT2D eigenvalue weighted by Gasteiger charge is 2.17. The molecule has 5 heteroatoms. The molecule has 0 aliphatic rings. The Kier molecular flexibility index (Phi) is 3.23. The Hall–Kier alpha value is -2.43. The van der Waals surface area contributed by atoms with E-state index in [2.05, 4.69) is 10.3 Å². The molecule has 0 saturated heterocycles. The zero-order chi connectivity index (χ0) is 13.1. The molecule has 1 heterocycles. The lowest BCUT2D eigenvalue weighted by molar-refractivity contribution is -0.138. The minimum absolute atomic E-state index is 0.376. The number of aliphatic carboxylic acids is 1. The van der Waals surface area contributed by atoms with E-state index < -0.39 is 17.9 Å². The third-order valence-corrected chi connectivity index (χ3v) is 2.60. The van der Waals surface area contributed by atoms with Gasteiger partial charge in [-0.3, -0.25) is 14.6 Å². The van der Waals surface area contributed by atoms with Gasteiger partial charge in [-0.25, -0.2) is 0 Å². The van der Waals surface area contributed by atoms with E-state index in [4.69, 9.17) is 5.11 Å². The molecule has 2 rings (SSSR count). The van der Waals surface area contributed by atoms with Crippen LogP contribution >= 0.6 is 0 Å². The average Bonchev–Trinajstić information content (AvgIpc) is 2.37. The standard InChI is InChI=1S/C13H12N2O3/c1-8(13(17)18)15-12(16)10-6-2-4-9-5-3-7-14-11(9)10/h2-8H,1H3,(H,15,16)(H,17,18)/t8-/m1/s1. The number of hydrogen-bond donors (Lipinski definition) is 2. The Morgan fingerprint density at radius 1 is 1.28 bits per heavy atom. The van der Waals surface area contributed by atoms with E-state index >= 15 is 0 Å². The number of amides is 1. The van der Waals surface area contributed by atoms with Crippen LogP contribution in [0.2, 0.25) is 0 Å². The first-order chi connectivity index (χ1) is 8.59. The molecule has 1 atom stereocenters. The van der Waals surface area contributed by atoms with Crippen LogP contribution in [-0.2, 0) is 4.79 Å². The smallest absolute Gasteiger partial charge is 0.325 e. The molecule has 2 N–H and O–H groups in total. The van der Waals surface area contributed by atoms with Crippen LogP contribution in [0.25, 0.3) is 10.9 Å². The number of benzene rings is 1. The van der Waals surface area contributed by atoms with E-state index in [-0.39, 0.29) is 0 Å².